The van der Waals surface area contributed by atoms with Gasteiger partial charge in [0.05, 0.1) is 49.6 Å². The highest BCUT2D eigenvalue weighted by atomic mass is 35.5. The van der Waals surface area contributed by atoms with Crippen molar-refractivity contribution in [3.8, 4) is 11.5 Å². The third-order valence-electron chi connectivity index (χ3n) is 8.65. The number of aryl methyl sites for hydroxylation is 1. The van der Waals surface area contributed by atoms with Crippen LogP contribution >= 0.6 is 11.6 Å². The molecule has 4 aliphatic rings. The number of likely N-dealkylation sites (tertiary alicyclic amines) is 1. The molecule has 2 unspecified atom stereocenters. The fraction of sp³-hybridized carbons (Fsp3) is 0.704. The third kappa shape index (κ3) is 3.91. The van der Waals surface area contributed by atoms with Crippen LogP contribution in [0.5, 0.6) is 0 Å². The van der Waals surface area contributed by atoms with Crippen LogP contribution in [0.25, 0.3) is 22.6 Å². The quantitative estimate of drug-likeness (QED) is 0.436. The van der Waals surface area contributed by atoms with E-state index in [9.17, 15) is 0 Å². The largest absolute Gasteiger partial charge is 0.375 e. The molecule has 0 aromatic carbocycles. The summed E-state index contributed by atoms with van der Waals surface area (Å²) in [6.07, 6.45) is 6.11. The number of ether oxygens (including phenoxy) is 3. The number of aromatic nitrogens is 5. The van der Waals surface area contributed by atoms with Crippen LogP contribution in [0.3, 0.4) is 0 Å². The lowest BCUT2D eigenvalue weighted by molar-refractivity contribution is -0.248. The van der Waals surface area contributed by atoms with Gasteiger partial charge in [0.25, 0.3) is 0 Å². The second-order valence-corrected chi connectivity index (χ2v) is 11.0. The van der Waals surface area contributed by atoms with Crippen LogP contribution in [0.15, 0.2) is 4.52 Å². The van der Waals surface area contributed by atoms with E-state index < -0.39 is 11.2 Å². The normalized spacial score (nSPS) is 26.7. The summed E-state index contributed by atoms with van der Waals surface area (Å²) in [5.74, 6) is 0.475. The fourth-order valence-corrected chi connectivity index (χ4v) is 7.09. The smallest absolute Gasteiger partial charge is 0.185 e. The minimum Gasteiger partial charge on any atom is -0.375 e. The molecule has 3 fully saturated rings. The summed E-state index contributed by atoms with van der Waals surface area (Å²) >= 11 is 6.72. The monoisotopic (exact) mass is 544 g/mol. The van der Waals surface area contributed by atoms with Crippen LogP contribution in [0.2, 0.25) is 5.15 Å². The lowest BCUT2D eigenvalue weighted by Crippen LogP contribution is -2.58. The topological polar surface area (TPSA) is 101 Å². The number of hydrogen-bond acceptors (Lipinski definition) is 9. The van der Waals surface area contributed by atoms with E-state index in [4.69, 9.17) is 40.4 Å². The van der Waals surface area contributed by atoms with E-state index in [1.165, 1.54) is 6.42 Å². The average molecular weight is 545 g/mol. The maximum atomic E-state index is 6.72. The van der Waals surface area contributed by atoms with E-state index in [0.29, 0.717) is 49.1 Å². The molecule has 2 atom stereocenters. The highest BCUT2D eigenvalue weighted by molar-refractivity contribution is 6.34. The van der Waals surface area contributed by atoms with E-state index in [-0.39, 0.29) is 0 Å². The molecule has 11 heteroatoms. The highest BCUT2D eigenvalue weighted by Crippen LogP contribution is 2.54. The number of rotatable bonds is 3. The van der Waals surface area contributed by atoms with Crippen molar-refractivity contribution in [2.24, 2.45) is 0 Å². The molecular formula is C27H37ClN6O4. The van der Waals surface area contributed by atoms with Gasteiger partial charge >= 0.3 is 0 Å². The summed E-state index contributed by atoms with van der Waals surface area (Å²) in [4.78, 5) is 12.0. The van der Waals surface area contributed by atoms with Gasteiger partial charge < -0.3 is 23.6 Å². The first-order chi connectivity index (χ1) is 18.5. The predicted octanol–water partition coefficient (Wildman–Crippen LogP) is 4.65. The van der Waals surface area contributed by atoms with E-state index in [0.717, 1.165) is 73.2 Å². The van der Waals surface area contributed by atoms with Crippen molar-refractivity contribution in [1.29, 1.82) is 0 Å². The summed E-state index contributed by atoms with van der Waals surface area (Å²) in [6.45, 7) is 9.82. The molecule has 0 N–H and O–H groups in total. The second kappa shape index (κ2) is 10.1. The lowest BCUT2D eigenvalue weighted by atomic mass is 9.66. The zero-order valence-electron chi connectivity index (χ0n) is 22.8. The molecule has 3 aromatic heterocycles. The zero-order chi connectivity index (χ0) is 26.5. The summed E-state index contributed by atoms with van der Waals surface area (Å²) < 4.78 is 26.7. The van der Waals surface area contributed by atoms with Crippen LogP contribution in [0.1, 0.15) is 69.4 Å². The molecule has 7 rings (SSSR count). The van der Waals surface area contributed by atoms with Gasteiger partial charge in [0.2, 0.25) is 0 Å². The van der Waals surface area contributed by atoms with Gasteiger partial charge in [0.15, 0.2) is 28.7 Å². The molecule has 3 aliphatic heterocycles. The first-order valence-corrected chi connectivity index (χ1v) is 14.4. The van der Waals surface area contributed by atoms with E-state index in [2.05, 4.69) is 22.1 Å². The first kappa shape index (κ1) is 26.1. The van der Waals surface area contributed by atoms with Crippen molar-refractivity contribution in [1.82, 2.24) is 29.8 Å². The Morgan fingerprint density at radius 1 is 1.08 bits per heavy atom. The Hall–Kier alpha value is -2.11. The zero-order valence-corrected chi connectivity index (χ0v) is 23.5. The Kier molecular flexibility index (Phi) is 6.97. The van der Waals surface area contributed by atoms with Crippen molar-refractivity contribution in [3.05, 3.63) is 22.2 Å². The molecule has 2 spiro atoms. The molecule has 10 nitrogen and oxygen atoms in total. The minimum absolute atomic E-state index is 0.371. The van der Waals surface area contributed by atoms with Crippen molar-refractivity contribution in [2.75, 3.05) is 33.4 Å². The molecule has 1 saturated carbocycles. The number of fused-ring (bicyclic) bond motifs is 4. The van der Waals surface area contributed by atoms with Gasteiger partial charge in [-0.2, -0.15) is 5.10 Å². The molecule has 1 aliphatic carbocycles. The fourth-order valence-electron chi connectivity index (χ4n) is 6.79. The molecule has 6 heterocycles. The van der Waals surface area contributed by atoms with E-state index >= 15 is 0 Å². The summed E-state index contributed by atoms with van der Waals surface area (Å²) in [7, 11) is 2.16. The number of nitrogens with zero attached hydrogens (tertiary/aromatic N) is 6. The molecule has 206 valence electrons. The van der Waals surface area contributed by atoms with Gasteiger partial charge in [0, 0.05) is 12.5 Å². The molecular weight excluding hydrogens is 508 g/mol. The van der Waals surface area contributed by atoms with Crippen LogP contribution in [0.4, 0.5) is 0 Å². The number of likely N-dealkylation sites (N-methyl/N-ethyl adjacent to an activating group) is 1. The molecule has 3 aromatic rings. The van der Waals surface area contributed by atoms with Crippen LogP contribution < -0.4 is 0 Å². The van der Waals surface area contributed by atoms with Crippen LogP contribution in [-0.2, 0) is 32.8 Å². The van der Waals surface area contributed by atoms with Crippen molar-refractivity contribution >= 4 is 22.6 Å². The van der Waals surface area contributed by atoms with Crippen molar-refractivity contribution in [2.45, 2.75) is 89.7 Å². The third-order valence-corrected chi connectivity index (χ3v) is 8.92. The molecule has 2 saturated heterocycles. The van der Waals surface area contributed by atoms with Crippen molar-refractivity contribution < 1.29 is 18.7 Å². The minimum atomic E-state index is -0.733. The second-order valence-electron chi connectivity index (χ2n) is 10.7. The number of halogens is 1. The Labute approximate surface area is 228 Å². The van der Waals surface area contributed by atoms with E-state index in [1.807, 2.05) is 25.5 Å². The van der Waals surface area contributed by atoms with Gasteiger partial charge in [-0.1, -0.05) is 37.0 Å². The predicted molar refractivity (Wildman–Crippen MR) is 142 cm³/mol. The van der Waals surface area contributed by atoms with Gasteiger partial charge in [0.1, 0.15) is 10.6 Å². The maximum absolute atomic E-state index is 6.72. The SMILES string of the molecule is CC.Cc1nn(CC2CCCN2C)c2nc(-c3noc4c3COCC43CCCCC34OCCO4)nc(Cl)c12. The summed E-state index contributed by atoms with van der Waals surface area (Å²) in [5.41, 5.74) is 2.44. The summed E-state index contributed by atoms with van der Waals surface area (Å²) in [6, 6.07) is 0.423. The van der Waals surface area contributed by atoms with Crippen molar-refractivity contribution in [3.63, 3.8) is 0 Å². The average Bonchev–Trinajstić information content (AvgIpc) is 3.72. The van der Waals surface area contributed by atoms with Gasteiger partial charge in [-0.05, 0) is 46.2 Å². The van der Waals surface area contributed by atoms with Crippen LogP contribution in [-0.4, -0.2) is 75.0 Å². The molecule has 38 heavy (non-hydrogen) atoms. The summed E-state index contributed by atoms with van der Waals surface area (Å²) in [5, 5.41) is 10.4. The van der Waals surface area contributed by atoms with Gasteiger partial charge in [-0.25, -0.2) is 14.6 Å². The maximum Gasteiger partial charge on any atom is 0.185 e. The Morgan fingerprint density at radius 3 is 2.63 bits per heavy atom. The molecule has 0 amide bonds. The Bertz CT molecular complexity index is 1320. The molecule has 0 bridgehead atoms. The Morgan fingerprint density at radius 2 is 1.87 bits per heavy atom. The highest BCUT2D eigenvalue weighted by Gasteiger charge is 2.62. The number of hydrogen-bond donors (Lipinski definition) is 0. The molecule has 0 radical (unpaired) electrons. The standard InChI is InChI=1S/C25H31ClN6O4.C2H6/c1-15-18-21(26)27-22(28-23(18)32(29-15)12-16-6-5-9-31(16)2)19-17-13-33-14-24(20(17)36-30-19)7-3-4-8-25(24)34-10-11-35-25;1-2/h16H,3-14H2,1-2H3;1-2H3. The Balaban J connectivity index is 0.00000129. The first-order valence-electron chi connectivity index (χ1n) is 14.0. The lowest BCUT2D eigenvalue weighted by Gasteiger charge is -2.49. The van der Waals surface area contributed by atoms with Crippen LogP contribution in [0, 0.1) is 6.92 Å². The van der Waals surface area contributed by atoms with Gasteiger partial charge in [-0.3, -0.25) is 0 Å². The van der Waals surface area contributed by atoms with E-state index in [1.54, 1.807) is 0 Å². The van der Waals surface area contributed by atoms with Gasteiger partial charge in [-0.15, -0.1) is 0 Å².